The number of ketones is 1. The predicted molar refractivity (Wildman–Crippen MR) is 90.3 cm³/mol. The number of carbonyl (C=O) groups is 2. The van der Waals surface area contributed by atoms with Crippen LogP contribution < -0.4 is 4.74 Å². The van der Waals surface area contributed by atoms with Gasteiger partial charge in [-0.2, -0.15) is 13.2 Å². The van der Waals surface area contributed by atoms with Gasteiger partial charge in [0.1, 0.15) is 5.75 Å². The number of nitrogens with zero attached hydrogens (tertiary/aromatic N) is 1. The number of alkyl halides is 3. The van der Waals surface area contributed by atoms with Crippen LogP contribution in [-0.2, 0) is 10.9 Å². The lowest BCUT2D eigenvalue weighted by atomic mass is 9.98. The minimum absolute atomic E-state index is 0.184. The summed E-state index contributed by atoms with van der Waals surface area (Å²) < 4.78 is 50.3. The van der Waals surface area contributed by atoms with E-state index >= 15 is 0 Å². The molecular weight excluding hydrogens is 379 g/mol. The molecular formula is C19H16F3NO5. The summed E-state index contributed by atoms with van der Waals surface area (Å²) in [5.41, 5.74) is -1.72. The molecule has 1 saturated heterocycles. The molecule has 0 aliphatic carbocycles. The number of aromatic nitrogens is 1. The minimum Gasteiger partial charge on any atom is -0.478 e. The summed E-state index contributed by atoms with van der Waals surface area (Å²) in [7, 11) is 0. The first kappa shape index (κ1) is 19.8. The standard InChI is InChI=1S/C19H16F3NO5/c20-19(21,22)11-4-5-13(15(9-11)28-16-3-1-2-8-27-16)17(24)12-6-7-23-10-14(12)18(25)26/h4-7,9-10,16H,1-3,8H2,(H,25,26). The highest BCUT2D eigenvalue weighted by atomic mass is 19.4. The maximum Gasteiger partial charge on any atom is 0.416 e. The van der Waals surface area contributed by atoms with Crippen LogP contribution in [0, 0.1) is 0 Å². The summed E-state index contributed by atoms with van der Waals surface area (Å²) in [5, 5.41) is 9.25. The van der Waals surface area contributed by atoms with Gasteiger partial charge in [-0.05, 0) is 37.1 Å². The van der Waals surface area contributed by atoms with Crippen LogP contribution >= 0.6 is 0 Å². The third-order valence-corrected chi connectivity index (χ3v) is 4.25. The molecule has 0 amide bonds. The number of hydrogen-bond acceptors (Lipinski definition) is 5. The molecule has 1 aliphatic heterocycles. The fourth-order valence-corrected chi connectivity index (χ4v) is 2.84. The van der Waals surface area contributed by atoms with Gasteiger partial charge in [0.25, 0.3) is 0 Å². The van der Waals surface area contributed by atoms with E-state index in [1.807, 2.05) is 0 Å². The Bertz CT molecular complexity index is 891. The Morgan fingerprint density at radius 2 is 1.93 bits per heavy atom. The first-order chi connectivity index (χ1) is 13.3. The number of halogens is 3. The summed E-state index contributed by atoms with van der Waals surface area (Å²) in [6.45, 7) is 0.403. The van der Waals surface area contributed by atoms with Crippen molar-refractivity contribution in [2.75, 3.05) is 6.61 Å². The molecule has 0 saturated carbocycles. The van der Waals surface area contributed by atoms with Crippen molar-refractivity contribution < 1.29 is 37.3 Å². The van der Waals surface area contributed by atoms with Crippen molar-refractivity contribution in [2.45, 2.75) is 31.7 Å². The highest BCUT2D eigenvalue weighted by Crippen LogP contribution is 2.35. The van der Waals surface area contributed by atoms with Gasteiger partial charge in [-0.25, -0.2) is 4.79 Å². The van der Waals surface area contributed by atoms with Crippen LogP contribution in [-0.4, -0.2) is 34.7 Å². The smallest absolute Gasteiger partial charge is 0.416 e. The number of pyridine rings is 1. The summed E-state index contributed by atoms with van der Waals surface area (Å²) in [6, 6.07) is 3.66. The number of carboxylic acids is 1. The van der Waals surface area contributed by atoms with Crippen molar-refractivity contribution in [1.29, 1.82) is 0 Å². The van der Waals surface area contributed by atoms with Gasteiger partial charge in [-0.1, -0.05) is 0 Å². The third kappa shape index (κ3) is 4.30. The molecule has 0 spiro atoms. The Labute approximate surface area is 157 Å². The lowest BCUT2D eigenvalue weighted by Gasteiger charge is -2.25. The van der Waals surface area contributed by atoms with Gasteiger partial charge >= 0.3 is 12.1 Å². The molecule has 0 bridgehead atoms. The van der Waals surface area contributed by atoms with Gasteiger partial charge in [-0.15, -0.1) is 0 Å². The molecule has 1 aromatic carbocycles. The number of hydrogen-bond donors (Lipinski definition) is 1. The van der Waals surface area contributed by atoms with E-state index in [0.717, 1.165) is 37.2 Å². The Morgan fingerprint density at radius 1 is 1.14 bits per heavy atom. The van der Waals surface area contributed by atoms with E-state index in [-0.39, 0.29) is 22.4 Å². The average Bonchev–Trinajstić information content (AvgIpc) is 2.67. The second kappa shape index (κ2) is 7.97. The molecule has 148 valence electrons. The molecule has 6 nitrogen and oxygen atoms in total. The van der Waals surface area contributed by atoms with Gasteiger partial charge in [0.2, 0.25) is 0 Å². The van der Waals surface area contributed by atoms with Gasteiger partial charge in [-0.3, -0.25) is 9.78 Å². The highest BCUT2D eigenvalue weighted by Gasteiger charge is 2.33. The lowest BCUT2D eigenvalue weighted by molar-refractivity contribution is -0.138. The Balaban J connectivity index is 2.04. The maximum absolute atomic E-state index is 13.1. The van der Waals surface area contributed by atoms with E-state index < -0.39 is 29.8 Å². The van der Waals surface area contributed by atoms with Crippen molar-refractivity contribution in [1.82, 2.24) is 4.98 Å². The van der Waals surface area contributed by atoms with Crippen LogP contribution in [0.15, 0.2) is 36.7 Å². The van der Waals surface area contributed by atoms with Crippen LogP contribution in [0.25, 0.3) is 0 Å². The Hall–Kier alpha value is -2.94. The number of ether oxygens (including phenoxy) is 2. The fraction of sp³-hybridized carbons (Fsp3) is 0.316. The van der Waals surface area contributed by atoms with Crippen LogP contribution in [0.2, 0.25) is 0 Å². The van der Waals surface area contributed by atoms with Crippen LogP contribution in [0.5, 0.6) is 5.75 Å². The Morgan fingerprint density at radius 3 is 2.57 bits per heavy atom. The molecule has 2 aromatic rings. The van der Waals surface area contributed by atoms with E-state index in [1.54, 1.807) is 0 Å². The zero-order valence-corrected chi connectivity index (χ0v) is 14.5. The van der Waals surface area contributed by atoms with Crippen LogP contribution in [0.4, 0.5) is 13.2 Å². The predicted octanol–water partition coefficient (Wildman–Crippen LogP) is 3.94. The zero-order chi connectivity index (χ0) is 20.3. The monoisotopic (exact) mass is 395 g/mol. The fourth-order valence-electron chi connectivity index (χ4n) is 2.84. The summed E-state index contributed by atoms with van der Waals surface area (Å²) >= 11 is 0. The number of carbonyl (C=O) groups excluding carboxylic acids is 1. The molecule has 1 aliphatic rings. The molecule has 1 N–H and O–H groups in total. The van der Waals surface area contributed by atoms with E-state index in [9.17, 15) is 27.9 Å². The van der Waals surface area contributed by atoms with E-state index in [4.69, 9.17) is 9.47 Å². The molecule has 1 aromatic heterocycles. The number of benzene rings is 1. The number of carboxylic acid groups (broad SMARTS) is 1. The lowest BCUT2D eigenvalue weighted by Crippen LogP contribution is -2.26. The summed E-state index contributed by atoms with van der Waals surface area (Å²) in [4.78, 5) is 27.9. The van der Waals surface area contributed by atoms with Crippen molar-refractivity contribution in [3.05, 3.63) is 58.9 Å². The third-order valence-electron chi connectivity index (χ3n) is 4.25. The topological polar surface area (TPSA) is 85.7 Å². The molecule has 2 heterocycles. The van der Waals surface area contributed by atoms with E-state index in [0.29, 0.717) is 13.0 Å². The van der Waals surface area contributed by atoms with E-state index in [2.05, 4.69) is 4.98 Å². The molecule has 0 radical (unpaired) electrons. The normalized spacial score (nSPS) is 17.2. The van der Waals surface area contributed by atoms with Crippen LogP contribution in [0.1, 0.15) is 51.1 Å². The van der Waals surface area contributed by atoms with Gasteiger partial charge < -0.3 is 14.6 Å². The van der Waals surface area contributed by atoms with Crippen molar-refractivity contribution >= 4 is 11.8 Å². The van der Waals surface area contributed by atoms with Crippen molar-refractivity contribution in [2.24, 2.45) is 0 Å². The first-order valence-electron chi connectivity index (χ1n) is 8.49. The maximum atomic E-state index is 13.1. The molecule has 3 rings (SSSR count). The van der Waals surface area contributed by atoms with E-state index in [1.165, 1.54) is 12.3 Å². The number of aromatic carboxylic acids is 1. The zero-order valence-electron chi connectivity index (χ0n) is 14.5. The Kier molecular flexibility index (Phi) is 5.64. The highest BCUT2D eigenvalue weighted by molar-refractivity contribution is 6.15. The number of rotatable bonds is 5. The van der Waals surface area contributed by atoms with Crippen molar-refractivity contribution in [3.8, 4) is 5.75 Å². The SMILES string of the molecule is O=C(O)c1cnccc1C(=O)c1ccc(C(F)(F)F)cc1OC1CCCCO1. The van der Waals surface area contributed by atoms with Crippen LogP contribution in [0.3, 0.4) is 0 Å². The minimum atomic E-state index is -4.63. The van der Waals surface area contributed by atoms with Gasteiger partial charge in [0, 0.05) is 24.4 Å². The second-order valence-electron chi connectivity index (χ2n) is 6.18. The molecule has 1 fully saturated rings. The van der Waals surface area contributed by atoms with Gasteiger partial charge in [0.15, 0.2) is 12.1 Å². The molecule has 1 unspecified atom stereocenters. The van der Waals surface area contributed by atoms with Gasteiger partial charge in [0.05, 0.1) is 23.3 Å². The average molecular weight is 395 g/mol. The summed E-state index contributed by atoms with van der Waals surface area (Å²) in [6.07, 6.45) is -1.11. The quantitative estimate of drug-likeness (QED) is 0.772. The second-order valence-corrected chi connectivity index (χ2v) is 6.18. The van der Waals surface area contributed by atoms with Crippen molar-refractivity contribution in [3.63, 3.8) is 0 Å². The molecule has 9 heteroatoms. The summed E-state index contributed by atoms with van der Waals surface area (Å²) in [5.74, 6) is -2.46. The molecule has 1 atom stereocenters. The first-order valence-corrected chi connectivity index (χ1v) is 8.49. The molecule has 28 heavy (non-hydrogen) atoms. The largest absolute Gasteiger partial charge is 0.478 e.